The van der Waals surface area contributed by atoms with Crippen LogP contribution in [0.1, 0.15) is 24.5 Å². The molecule has 1 fully saturated rings. The molecule has 18 heavy (non-hydrogen) atoms. The van der Waals surface area contributed by atoms with E-state index in [-0.39, 0.29) is 11.3 Å². The summed E-state index contributed by atoms with van der Waals surface area (Å²) in [4.78, 5) is 15.0. The number of phenolic OH excluding ortho intramolecular Hbond substituents is 1. The van der Waals surface area contributed by atoms with E-state index >= 15 is 0 Å². The zero-order valence-corrected chi connectivity index (χ0v) is 10.1. The van der Waals surface area contributed by atoms with Gasteiger partial charge in [0.1, 0.15) is 5.75 Å². The summed E-state index contributed by atoms with van der Waals surface area (Å²) in [5.41, 5.74) is 0.826. The number of piperidine rings is 1. The Morgan fingerprint density at radius 3 is 2.72 bits per heavy atom. The van der Waals surface area contributed by atoms with Gasteiger partial charge in [0, 0.05) is 17.0 Å². The van der Waals surface area contributed by atoms with Crippen molar-refractivity contribution in [2.75, 3.05) is 13.1 Å². The van der Waals surface area contributed by atoms with Gasteiger partial charge in [0.15, 0.2) is 0 Å². The molecule has 2 aromatic rings. The Morgan fingerprint density at radius 2 is 1.94 bits per heavy atom. The second-order valence-electron chi connectivity index (χ2n) is 4.82. The Hall–Kier alpha value is -1.81. The topological polar surface area (TPSA) is 65.1 Å². The molecular formula is C14H16N2O2. The standard InChI is InChI=1S/C14H16N2O2/c17-13-3-1-2-10-11(13)8-12(16-14(10)18)9-4-6-15-7-5-9/h1-3,8-9,15,17H,4-7H2,(H,16,18). The lowest BCUT2D eigenvalue weighted by atomic mass is 9.93. The first-order valence-corrected chi connectivity index (χ1v) is 6.31. The van der Waals surface area contributed by atoms with Crippen molar-refractivity contribution < 1.29 is 5.11 Å². The van der Waals surface area contributed by atoms with Crippen LogP contribution in [0.2, 0.25) is 0 Å². The summed E-state index contributed by atoms with van der Waals surface area (Å²) in [6.45, 7) is 1.96. The summed E-state index contributed by atoms with van der Waals surface area (Å²) in [6, 6.07) is 6.97. The van der Waals surface area contributed by atoms with Gasteiger partial charge in [-0.05, 0) is 44.1 Å². The number of aromatic hydroxyl groups is 1. The second-order valence-corrected chi connectivity index (χ2v) is 4.82. The average molecular weight is 244 g/mol. The highest BCUT2D eigenvalue weighted by Gasteiger charge is 2.17. The summed E-state index contributed by atoms with van der Waals surface area (Å²) in [7, 11) is 0. The van der Waals surface area contributed by atoms with Crippen molar-refractivity contribution in [1.29, 1.82) is 0 Å². The maximum atomic E-state index is 12.0. The van der Waals surface area contributed by atoms with Crippen molar-refractivity contribution in [1.82, 2.24) is 10.3 Å². The normalized spacial score (nSPS) is 17.1. The quantitative estimate of drug-likeness (QED) is 0.715. The fourth-order valence-corrected chi connectivity index (χ4v) is 2.65. The molecule has 1 saturated heterocycles. The smallest absolute Gasteiger partial charge is 0.256 e. The van der Waals surface area contributed by atoms with Gasteiger partial charge in [0.2, 0.25) is 0 Å². The third kappa shape index (κ3) is 1.88. The van der Waals surface area contributed by atoms with Crippen LogP contribution in [0.25, 0.3) is 10.8 Å². The van der Waals surface area contributed by atoms with E-state index in [1.807, 2.05) is 6.07 Å². The highest BCUT2D eigenvalue weighted by molar-refractivity contribution is 5.87. The third-order valence-corrected chi connectivity index (χ3v) is 3.66. The van der Waals surface area contributed by atoms with Crippen molar-refractivity contribution in [3.8, 4) is 5.75 Å². The predicted octanol–water partition coefficient (Wildman–Crippen LogP) is 1.70. The van der Waals surface area contributed by atoms with Crippen LogP contribution >= 0.6 is 0 Å². The number of benzene rings is 1. The predicted molar refractivity (Wildman–Crippen MR) is 71.1 cm³/mol. The van der Waals surface area contributed by atoms with Gasteiger partial charge in [-0.25, -0.2) is 0 Å². The van der Waals surface area contributed by atoms with Crippen molar-refractivity contribution in [2.45, 2.75) is 18.8 Å². The fourth-order valence-electron chi connectivity index (χ4n) is 2.65. The van der Waals surface area contributed by atoms with Crippen LogP contribution in [0.15, 0.2) is 29.1 Å². The Labute approximate surface area is 105 Å². The van der Waals surface area contributed by atoms with E-state index in [9.17, 15) is 9.90 Å². The molecule has 0 aliphatic carbocycles. The first kappa shape index (κ1) is 11.3. The molecule has 1 aromatic carbocycles. The van der Waals surface area contributed by atoms with Crippen molar-refractivity contribution in [3.63, 3.8) is 0 Å². The molecule has 1 aliphatic heterocycles. The van der Waals surface area contributed by atoms with Gasteiger partial charge in [0.25, 0.3) is 5.56 Å². The first-order valence-electron chi connectivity index (χ1n) is 6.31. The van der Waals surface area contributed by atoms with Gasteiger partial charge >= 0.3 is 0 Å². The first-order chi connectivity index (χ1) is 8.75. The molecule has 94 valence electrons. The van der Waals surface area contributed by atoms with E-state index in [0.29, 0.717) is 16.7 Å². The Bertz CT molecular complexity index is 627. The maximum absolute atomic E-state index is 12.0. The van der Waals surface area contributed by atoms with Crippen molar-refractivity contribution in [3.05, 3.63) is 40.3 Å². The summed E-state index contributed by atoms with van der Waals surface area (Å²) in [5.74, 6) is 0.553. The molecule has 0 saturated carbocycles. The van der Waals surface area contributed by atoms with E-state index in [4.69, 9.17) is 0 Å². The van der Waals surface area contributed by atoms with E-state index in [0.717, 1.165) is 31.6 Å². The number of fused-ring (bicyclic) bond motifs is 1. The number of hydrogen-bond donors (Lipinski definition) is 3. The summed E-state index contributed by atoms with van der Waals surface area (Å²) < 4.78 is 0. The number of rotatable bonds is 1. The minimum absolute atomic E-state index is 0.114. The second kappa shape index (κ2) is 4.46. The molecule has 3 rings (SSSR count). The minimum atomic E-state index is -0.114. The van der Waals surface area contributed by atoms with Crippen LogP contribution in [0, 0.1) is 0 Å². The fraction of sp³-hybridized carbons (Fsp3) is 0.357. The highest BCUT2D eigenvalue weighted by Crippen LogP contribution is 2.28. The van der Waals surface area contributed by atoms with Crippen LogP contribution in [0.4, 0.5) is 0 Å². The van der Waals surface area contributed by atoms with Crippen LogP contribution < -0.4 is 10.9 Å². The number of phenols is 1. The Balaban J connectivity index is 2.14. The van der Waals surface area contributed by atoms with E-state index < -0.39 is 0 Å². The van der Waals surface area contributed by atoms with Crippen LogP contribution in [0.5, 0.6) is 5.75 Å². The van der Waals surface area contributed by atoms with Crippen molar-refractivity contribution in [2.24, 2.45) is 0 Å². The molecule has 3 N–H and O–H groups in total. The highest BCUT2D eigenvalue weighted by atomic mass is 16.3. The molecule has 1 aliphatic rings. The van der Waals surface area contributed by atoms with E-state index in [1.54, 1.807) is 18.2 Å². The zero-order valence-electron chi connectivity index (χ0n) is 10.1. The van der Waals surface area contributed by atoms with Gasteiger partial charge in [-0.15, -0.1) is 0 Å². The monoisotopic (exact) mass is 244 g/mol. The number of hydrogen-bond acceptors (Lipinski definition) is 3. The Morgan fingerprint density at radius 1 is 1.17 bits per heavy atom. The van der Waals surface area contributed by atoms with Gasteiger partial charge < -0.3 is 15.4 Å². The maximum Gasteiger partial charge on any atom is 0.256 e. The number of aromatic amines is 1. The van der Waals surface area contributed by atoms with E-state index in [2.05, 4.69) is 10.3 Å². The SMILES string of the molecule is O=c1[nH]c(C2CCNCC2)cc2c(O)cccc12. The average Bonchev–Trinajstić information content (AvgIpc) is 2.41. The number of H-pyrrole nitrogens is 1. The molecular weight excluding hydrogens is 228 g/mol. The third-order valence-electron chi connectivity index (χ3n) is 3.66. The lowest BCUT2D eigenvalue weighted by Gasteiger charge is -2.22. The molecule has 4 nitrogen and oxygen atoms in total. The molecule has 0 spiro atoms. The van der Waals surface area contributed by atoms with Gasteiger partial charge in [-0.1, -0.05) is 6.07 Å². The van der Waals surface area contributed by atoms with Crippen LogP contribution in [-0.4, -0.2) is 23.2 Å². The molecule has 2 heterocycles. The summed E-state index contributed by atoms with van der Waals surface area (Å²) in [5, 5.41) is 14.4. The lowest BCUT2D eigenvalue weighted by Crippen LogP contribution is -2.27. The van der Waals surface area contributed by atoms with Crippen LogP contribution in [-0.2, 0) is 0 Å². The van der Waals surface area contributed by atoms with E-state index in [1.165, 1.54) is 0 Å². The largest absolute Gasteiger partial charge is 0.507 e. The van der Waals surface area contributed by atoms with Gasteiger partial charge in [-0.2, -0.15) is 0 Å². The number of aromatic nitrogens is 1. The summed E-state index contributed by atoms with van der Waals surface area (Å²) in [6.07, 6.45) is 2.05. The molecule has 0 radical (unpaired) electrons. The minimum Gasteiger partial charge on any atom is -0.507 e. The molecule has 1 aromatic heterocycles. The van der Waals surface area contributed by atoms with Gasteiger partial charge in [0.05, 0.1) is 5.39 Å². The lowest BCUT2D eigenvalue weighted by molar-refractivity contribution is 0.452. The number of nitrogens with one attached hydrogen (secondary N) is 2. The zero-order chi connectivity index (χ0) is 12.5. The molecule has 0 amide bonds. The summed E-state index contributed by atoms with van der Waals surface area (Å²) >= 11 is 0. The van der Waals surface area contributed by atoms with Crippen molar-refractivity contribution >= 4 is 10.8 Å². The number of pyridine rings is 1. The molecule has 0 atom stereocenters. The molecule has 0 unspecified atom stereocenters. The van der Waals surface area contributed by atoms with Crippen LogP contribution in [0.3, 0.4) is 0 Å². The Kier molecular flexibility index (Phi) is 2.80. The van der Waals surface area contributed by atoms with Gasteiger partial charge in [-0.3, -0.25) is 4.79 Å². The molecule has 0 bridgehead atoms. The molecule has 4 heteroatoms.